The Morgan fingerprint density at radius 1 is 1.22 bits per heavy atom. The average molecular weight is 315 g/mol. The maximum absolute atomic E-state index is 12.9. The number of amides is 2. The number of pyridine rings is 1. The van der Waals surface area contributed by atoms with Gasteiger partial charge in [0.1, 0.15) is 11.5 Å². The molecule has 1 heterocycles. The number of rotatable bonds is 6. The third-order valence-electron chi connectivity index (χ3n) is 3.43. The maximum Gasteiger partial charge on any atom is 0.269 e. The van der Waals surface area contributed by atoms with Gasteiger partial charge >= 0.3 is 0 Å². The summed E-state index contributed by atoms with van der Waals surface area (Å²) >= 11 is 0. The standard InChI is InChI=1S/C17H18FN3O2/c1-11-3-2-4-15(21-11)17(23)20-10-13(16(19)22)9-12-5-7-14(18)8-6-12/h2-8,13H,9-10H2,1H3,(H2,19,22)(H,20,23). The summed E-state index contributed by atoms with van der Waals surface area (Å²) in [4.78, 5) is 27.7. The molecule has 3 N–H and O–H groups in total. The van der Waals surface area contributed by atoms with Crippen molar-refractivity contribution in [3.8, 4) is 0 Å². The van der Waals surface area contributed by atoms with Crippen LogP contribution in [0.2, 0.25) is 0 Å². The lowest BCUT2D eigenvalue weighted by Crippen LogP contribution is -2.37. The quantitative estimate of drug-likeness (QED) is 0.849. The molecule has 1 aromatic heterocycles. The summed E-state index contributed by atoms with van der Waals surface area (Å²) < 4.78 is 12.9. The molecule has 0 saturated carbocycles. The Morgan fingerprint density at radius 3 is 2.52 bits per heavy atom. The van der Waals surface area contributed by atoms with Gasteiger partial charge in [0.25, 0.3) is 5.91 Å². The van der Waals surface area contributed by atoms with E-state index in [2.05, 4.69) is 10.3 Å². The van der Waals surface area contributed by atoms with Gasteiger partial charge in [-0.05, 0) is 43.2 Å². The molecule has 0 aliphatic rings. The van der Waals surface area contributed by atoms with Gasteiger partial charge in [-0.15, -0.1) is 0 Å². The Hall–Kier alpha value is -2.76. The highest BCUT2D eigenvalue weighted by molar-refractivity contribution is 5.92. The minimum Gasteiger partial charge on any atom is -0.369 e. The van der Waals surface area contributed by atoms with Gasteiger partial charge in [-0.3, -0.25) is 9.59 Å². The highest BCUT2D eigenvalue weighted by Gasteiger charge is 2.18. The van der Waals surface area contributed by atoms with Gasteiger partial charge in [0.2, 0.25) is 5.91 Å². The van der Waals surface area contributed by atoms with E-state index < -0.39 is 11.8 Å². The van der Waals surface area contributed by atoms with Crippen molar-refractivity contribution in [2.24, 2.45) is 11.7 Å². The number of nitrogens with two attached hydrogens (primary N) is 1. The number of halogens is 1. The van der Waals surface area contributed by atoms with Crippen molar-refractivity contribution in [1.82, 2.24) is 10.3 Å². The van der Waals surface area contributed by atoms with Crippen LogP contribution < -0.4 is 11.1 Å². The fourth-order valence-corrected chi connectivity index (χ4v) is 2.15. The second-order valence-electron chi connectivity index (χ2n) is 5.30. The molecule has 1 atom stereocenters. The summed E-state index contributed by atoms with van der Waals surface area (Å²) in [7, 11) is 0. The Morgan fingerprint density at radius 2 is 1.91 bits per heavy atom. The minimum absolute atomic E-state index is 0.0984. The number of aromatic nitrogens is 1. The van der Waals surface area contributed by atoms with Crippen LogP contribution in [0.25, 0.3) is 0 Å². The first-order valence-corrected chi connectivity index (χ1v) is 7.21. The number of hydrogen-bond donors (Lipinski definition) is 2. The van der Waals surface area contributed by atoms with E-state index in [1.807, 2.05) is 0 Å². The van der Waals surface area contributed by atoms with Gasteiger partial charge in [0, 0.05) is 12.2 Å². The summed E-state index contributed by atoms with van der Waals surface area (Å²) in [5, 5.41) is 2.66. The lowest BCUT2D eigenvalue weighted by Gasteiger charge is -2.14. The summed E-state index contributed by atoms with van der Waals surface area (Å²) in [6.45, 7) is 1.89. The van der Waals surface area contributed by atoms with Crippen molar-refractivity contribution in [2.45, 2.75) is 13.3 Å². The number of nitrogens with zero attached hydrogens (tertiary/aromatic N) is 1. The number of primary amides is 1. The molecule has 0 fully saturated rings. The SMILES string of the molecule is Cc1cccc(C(=O)NCC(Cc2ccc(F)cc2)C(N)=O)n1. The Labute approximate surface area is 133 Å². The van der Waals surface area contributed by atoms with Crippen LogP contribution in [0, 0.1) is 18.7 Å². The number of carbonyl (C=O) groups excluding carboxylic acids is 2. The molecule has 0 bridgehead atoms. The minimum atomic E-state index is -0.575. The third-order valence-corrected chi connectivity index (χ3v) is 3.43. The van der Waals surface area contributed by atoms with Gasteiger partial charge in [0.05, 0.1) is 5.92 Å². The zero-order valence-corrected chi connectivity index (χ0v) is 12.8. The highest BCUT2D eigenvalue weighted by Crippen LogP contribution is 2.10. The summed E-state index contributed by atoms with van der Waals surface area (Å²) in [5.74, 6) is -1.80. The van der Waals surface area contributed by atoms with Crippen LogP contribution in [0.4, 0.5) is 4.39 Å². The van der Waals surface area contributed by atoms with E-state index in [0.29, 0.717) is 6.42 Å². The molecule has 23 heavy (non-hydrogen) atoms. The van der Waals surface area contributed by atoms with Crippen LogP contribution in [-0.4, -0.2) is 23.3 Å². The van der Waals surface area contributed by atoms with Crippen molar-refractivity contribution in [3.05, 3.63) is 65.2 Å². The number of aryl methyl sites for hydroxylation is 1. The van der Waals surface area contributed by atoms with E-state index in [1.54, 1.807) is 37.3 Å². The van der Waals surface area contributed by atoms with Crippen LogP contribution in [0.15, 0.2) is 42.5 Å². The van der Waals surface area contributed by atoms with Crippen LogP contribution >= 0.6 is 0 Å². The zero-order chi connectivity index (χ0) is 16.8. The van der Waals surface area contributed by atoms with Crippen LogP contribution in [0.5, 0.6) is 0 Å². The van der Waals surface area contributed by atoms with Crippen molar-refractivity contribution in [1.29, 1.82) is 0 Å². The Kier molecular flexibility index (Phi) is 5.41. The summed E-state index contributed by atoms with van der Waals surface area (Å²) in [6, 6.07) is 11.0. The predicted molar refractivity (Wildman–Crippen MR) is 84.1 cm³/mol. The molecule has 0 saturated heterocycles. The third kappa shape index (κ3) is 4.88. The molecular formula is C17H18FN3O2. The first-order valence-electron chi connectivity index (χ1n) is 7.21. The fraction of sp³-hybridized carbons (Fsp3) is 0.235. The molecule has 2 amide bonds. The molecule has 1 unspecified atom stereocenters. The second-order valence-corrected chi connectivity index (χ2v) is 5.30. The number of benzene rings is 1. The van der Waals surface area contributed by atoms with Crippen molar-refractivity contribution in [3.63, 3.8) is 0 Å². The second kappa shape index (κ2) is 7.49. The van der Waals surface area contributed by atoms with Crippen molar-refractivity contribution >= 4 is 11.8 Å². The zero-order valence-electron chi connectivity index (χ0n) is 12.8. The molecule has 6 heteroatoms. The molecule has 0 spiro atoms. The lowest BCUT2D eigenvalue weighted by atomic mass is 9.98. The Bertz CT molecular complexity index is 701. The molecule has 5 nitrogen and oxygen atoms in total. The first-order chi connectivity index (χ1) is 11.0. The summed E-state index contributed by atoms with van der Waals surface area (Å²) in [6.07, 6.45) is 0.330. The molecular weight excluding hydrogens is 297 g/mol. The van der Waals surface area contributed by atoms with Gasteiger partial charge < -0.3 is 11.1 Å². The molecule has 120 valence electrons. The molecule has 0 aliphatic carbocycles. The van der Waals surface area contributed by atoms with E-state index in [1.165, 1.54) is 12.1 Å². The molecule has 0 radical (unpaired) electrons. The molecule has 0 aliphatic heterocycles. The number of hydrogen-bond acceptors (Lipinski definition) is 3. The predicted octanol–water partition coefficient (Wildman–Crippen LogP) is 1.60. The van der Waals surface area contributed by atoms with E-state index in [-0.39, 0.29) is 24.0 Å². The van der Waals surface area contributed by atoms with E-state index in [9.17, 15) is 14.0 Å². The molecule has 2 rings (SSSR count). The molecule has 1 aromatic carbocycles. The number of nitrogens with one attached hydrogen (secondary N) is 1. The first kappa shape index (κ1) is 16.6. The maximum atomic E-state index is 12.9. The normalized spacial score (nSPS) is 11.7. The largest absolute Gasteiger partial charge is 0.369 e. The van der Waals surface area contributed by atoms with Crippen LogP contribution in [-0.2, 0) is 11.2 Å². The van der Waals surface area contributed by atoms with Crippen LogP contribution in [0.3, 0.4) is 0 Å². The van der Waals surface area contributed by atoms with E-state index >= 15 is 0 Å². The Balaban J connectivity index is 1.98. The number of carbonyl (C=O) groups is 2. The molecule has 2 aromatic rings. The lowest BCUT2D eigenvalue weighted by molar-refractivity contribution is -0.121. The topological polar surface area (TPSA) is 85.1 Å². The average Bonchev–Trinajstić information content (AvgIpc) is 2.52. The van der Waals surface area contributed by atoms with Crippen molar-refractivity contribution < 1.29 is 14.0 Å². The fourth-order valence-electron chi connectivity index (χ4n) is 2.15. The van der Waals surface area contributed by atoms with Gasteiger partial charge in [-0.25, -0.2) is 9.37 Å². The summed E-state index contributed by atoms with van der Waals surface area (Å²) in [5.41, 5.74) is 7.18. The monoisotopic (exact) mass is 315 g/mol. The van der Waals surface area contributed by atoms with Gasteiger partial charge in [-0.2, -0.15) is 0 Å². The highest BCUT2D eigenvalue weighted by atomic mass is 19.1. The van der Waals surface area contributed by atoms with Crippen molar-refractivity contribution in [2.75, 3.05) is 6.54 Å². The smallest absolute Gasteiger partial charge is 0.269 e. The van der Waals surface area contributed by atoms with E-state index in [0.717, 1.165) is 11.3 Å². The van der Waals surface area contributed by atoms with Gasteiger partial charge in [0.15, 0.2) is 0 Å². The van der Waals surface area contributed by atoms with Gasteiger partial charge in [-0.1, -0.05) is 18.2 Å². The van der Waals surface area contributed by atoms with Crippen LogP contribution in [0.1, 0.15) is 21.7 Å². The van der Waals surface area contributed by atoms with E-state index in [4.69, 9.17) is 5.73 Å².